The zero-order valence-corrected chi connectivity index (χ0v) is 16.3. The van der Waals surface area contributed by atoms with Gasteiger partial charge in [0.15, 0.2) is 5.82 Å². The lowest BCUT2D eigenvalue weighted by atomic mass is 10.2. The van der Waals surface area contributed by atoms with Crippen molar-refractivity contribution in [3.05, 3.63) is 53.6 Å². The molecule has 2 aromatic carbocycles. The van der Waals surface area contributed by atoms with Crippen LogP contribution in [-0.4, -0.2) is 33.1 Å². The van der Waals surface area contributed by atoms with Crippen molar-refractivity contribution in [1.29, 1.82) is 0 Å². The highest BCUT2D eigenvalue weighted by molar-refractivity contribution is 8.00. The van der Waals surface area contributed by atoms with E-state index in [1.807, 2.05) is 24.3 Å². The molecule has 0 fully saturated rings. The fraction of sp³-hybridized carbons (Fsp3) is 0.167. The van der Waals surface area contributed by atoms with Crippen LogP contribution in [0.1, 0.15) is 6.92 Å². The number of nitrogens with one attached hydrogen (secondary N) is 1. The zero-order chi connectivity index (χ0) is 19.4. The Bertz CT molecular complexity index is 945. The zero-order valence-electron chi connectivity index (χ0n) is 14.7. The third kappa shape index (κ3) is 4.35. The number of amides is 1. The number of hydrogen-bond donors (Lipinski definition) is 2. The van der Waals surface area contributed by atoms with Gasteiger partial charge in [-0.1, -0.05) is 35.5 Å². The molecule has 7 nitrogen and oxygen atoms in total. The van der Waals surface area contributed by atoms with E-state index in [0.717, 1.165) is 5.56 Å². The molecule has 0 aliphatic carbocycles. The number of halogens is 1. The van der Waals surface area contributed by atoms with Crippen LogP contribution in [0, 0.1) is 0 Å². The second kappa shape index (κ2) is 8.32. The highest BCUT2D eigenvalue weighted by Crippen LogP contribution is 2.30. The van der Waals surface area contributed by atoms with Crippen molar-refractivity contribution < 1.29 is 9.53 Å². The van der Waals surface area contributed by atoms with Gasteiger partial charge < -0.3 is 15.9 Å². The van der Waals surface area contributed by atoms with Crippen LogP contribution in [0.25, 0.3) is 11.4 Å². The molecule has 9 heteroatoms. The van der Waals surface area contributed by atoms with Crippen molar-refractivity contribution in [2.24, 2.45) is 0 Å². The minimum atomic E-state index is -0.433. The quantitative estimate of drug-likeness (QED) is 0.483. The molecule has 3 N–H and O–H groups in total. The lowest BCUT2D eigenvalue weighted by molar-refractivity contribution is -0.115. The van der Waals surface area contributed by atoms with Crippen LogP contribution >= 0.6 is 23.4 Å². The molecule has 27 heavy (non-hydrogen) atoms. The molecule has 0 aliphatic heterocycles. The van der Waals surface area contributed by atoms with Crippen LogP contribution in [0.4, 0.5) is 5.69 Å². The summed E-state index contributed by atoms with van der Waals surface area (Å²) in [6.45, 7) is 1.77. The summed E-state index contributed by atoms with van der Waals surface area (Å²) >= 11 is 7.07. The number of hydrogen-bond acceptors (Lipinski definition) is 6. The number of carbonyl (C=O) groups excluding carboxylic acids is 1. The summed E-state index contributed by atoms with van der Waals surface area (Å²) in [4.78, 5) is 12.4. The van der Waals surface area contributed by atoms with Gasteiger partial charge in [-0.3, -0.25) is 4.79 Å². The Morgan fingerprint density at radius 2 is 1.93 bits per heavy atom. The molecule has 3 rings (SSSR count). The number of benzene rings is 2. The van der Waals surface area contributed by atoms with Crippen LogP contribution in [0.5, 0.6) is 5.75 Å². The molecule has 0 saturated heterocycles. The van der Waals surface area contributed by atoms with Gasteiger partial charge in [-0.2, -0.15) is 0 Å². The lowest BCUT2D eigenvalue weighted by Gasteiger charge is -2.12. The summed E-state index contributed by atoms with van der Waals surface area (Å²) < 4.78 is 6.70. The molecule has 0 bridgehead atoms. The number of para-hydroxylation sites is 1. The average molecular weight is 404 g/mol. The van der Waals surface area contributed by atoms with E-state index >= 15 is 0 Å². The first kappa shape index (κ1) is 19.1. The first-order valence-electron chi connectivity index (χ1n) is 8.06. The van der Waals surface area contributed by atoms with Gasteiger partial charge in [0.1, 0.15) is 5.75 Å². The van der Waals surface area contributed by atoms with E-state index < -0.39 is 5.25 Å². The predicted octanol–water partition coefficient (Wildman–Crippen LogP) is 3.44. The Hall–Kier alpha value is -2.71. The second-order valence-corrected chi connectivity index (χ2v) is 7.38. The van der Waals surface area contributed by atoms with Gasteiger partial charge >= 0.3 is 0 Å². The molecule has 1 atom stereocenters. The highest BCUT2D eigenvalue weighted by atomic mass is 35.5. The Morgan fingerprint density at radius 1 is 1.22 bits per heavy atom. The number of ether oxygens (including phenoxy) is 1. The van der Waals surface area contributed by atoms with E-state index in [-0.39, 0.29) is 5.91 Å². The SMILES string of the molecule is COc1ccccc1-c1nnc(SC(C)C(=O)Nc2ccc(Cl)cc2)n1N. The van der Waals surface area contributed by atoms with Crippen LogP contribution in [0.3, 0.4) is 0 Å². The lowest BCUT2D eigenvalue weighted by Crippen LogP contribution is -2.23. The molecule has 0 spiro atoms. The second-order valence-electron chi connectivity index (χ2n) is 5.63. The minimum Gasteiger partial charge on any atom is -0.496 e. The van der Waals surface area contributed by atoms with Crippen LogP contribution in [0.15, 0.2) is 53.7 Å². The Balaban J connectivity index is 1.73. The van der Waals surface area contributed by atoms with Gasteiger partial charge in [0.25, 0.3) is 0 Å². The normalized spacial score (nSPS) is 11.8. The van der Waals surface area contributed by atoms with E-state index in [0.29, 0.717) is 27.4 Å². The maximum absolute atomic E-state index is 12.4. The number of aromatic nitrogens is 3. The van der Waals surface area contributed by atoms with E-state index in [4.69, 9.17) is 22.2 Å². The van der Waals surface area contributed by atoms with Crippen LogP contribution in [-0.2, 0) is 4.79 Å². The van der Waals surface area contributed by atoms with Gasteiger partial charge in [-0.05, 0) is 43.3 Å². The number of anilines is 1. The van der Waals surface area contributed by atoms with Crippen molar-refractivity contribution in [2.45, 2.75) is 17.3 Å². The molecule has 3 aromatic rings. The molecular weight excluding hydrogens is 386 g/mol. The summed E-state index contributed by atoms with van der Waals surface area (Å²) in [5.41, 5.74) is 1.39. The van der Waals surface area contributed by atoms with Crippen molar-refractivity contribution in [3.63, 3.8) is 0 Å². The molecule has 0 aliphatic rings. The molecular formula is C18H18ClN5O2S. The maximum atomic E-state index is 12.4. The van der Waals surface area contributed by atoms with Crippen molar-refractivity contribution in [2.75, 3.05) is 18.3 Å². The highest BCUT2D eigenvalue weighted by Gasteiger charge is 2.21. The van der Waals surface area contributed by atoms with E-state index in [1.165, 1.54) is 16.4 Å². The number of carbonyl (C=O) groups is 1. The fourth-order valence-corrected chi connectivity index (χ4v) is 3.26. The van der Waals surface area contributed by atoms with Gasteiger partial charge in [0.2, 0.25) is 11.1 Å². The number of thioether (sulfide) groups is 1. The summed E-state index contributed by atoms with van der Waals surface area (Å²) in [5.74, 6) is 7.07. The monoisotopic (exact) mass is 403 g/mol. The third-order valence-electron chi connectivity index (χ3n) is 3.78. The van der Waals surface area contributed by atoms with E-state index in [2.05, 4.69) is 15.5 Å². The summed E-state index contributed by atoms with van der Waals surface area (Å²) in [7, 11) is 1.58. The molecule has 140 valence electrons. The Kier molecular flexibility index (Phi) is 5.88. The average Bonchev–Trinajstić information content (AvgIpc) is 3.03. The molecule has 1 heterocycles. The third-order valence-corrected chi connectivity index (χ3v) is 5.08. The van der Waals surface area contributed by atoms with E-state index in [1.54, 1.807) is 38.3 Å². The molecule has 0 saturated carbocycles. The fourth-order valence-electron chi connectivity index (χ4n) is 2.36. The number of methoxy groups -OCH3 is 1. The number of nitrogen functional groups attached to an aromatic ring is 1. The van der Waals surface area contributed by atoms with Gasteiger partial charge in [-0.15, -0.1) is 10.2 Å². The number of nitrogens with two attached hydrogens (primary N) is 1. The molecule has 1 amide bonds. The summed E-state index contributed by atoms with van der Waals surface area (Å²) in [6, 6.07) is 14.3. The van der Waals surface area contributed by atoms with Gasteiger partial charge in [-0.25, -0.2) is 4.68 Å². The predicted molar refractivity (Wildman–Crippen MR) is 108 cm³/mol. The topological polar surface area (TPSA) is 95.1 Å². The van der Waals surface area contributed by atoms with Crippen LogP contribution in [0.2, 0.25) is 5.02 Å². The standard InChI is InChI=1S/C18H18ClN5O2S/c1-11(17(25)21-13-9-7-12(19)8-10-13)27-18-23-22-16(24(18)20)14-5-3-4-6-15(14)26-2/h3-11H,20H2,1-2H3,(H,21,25). The number of rotatable bonds is 6. The van der Waals surface area contributed by atoms with Gasteiger partial charge in [0.05, 0.1) is 17.9 Å². The minimum absolute atomic E-state index is 0.177. The van der Waals surface area contributed by atoms with Crippen molar-refractivity contribution in [3.8, 4) is 17.1 Å². The summed E-state index contributed by atoms with van der Waals surface area (Å²) in [6.07, 6.45) is 0. The first-order chi connectivity index (χ1) is 13.0. The van der Waals surface area contributed by atoms with Crippen LogP contribution < -0.4 is 15.9 Å². The molecule has 1 unspecified atom stereocenters. The smallest absolute Gasteiger partial charge is 0.237 e. The van der Waals surface area contributed by atoms with Crippen molar-refractivity contribution in [1.82, 2.24) is 14.9 Å². The van der Waals surface area contributed by atoms with E-state index in [9.17, 15) is 4.79 Å². The molecule has 0 radical (unpaired) electrons. The summed E-state index contributed by atoms with van der Waals surface area (Å²) in [5, 5.41) is 11.7. The largest absolute Gasteiger partial charge is 0.496 e. The van der Waals surface area contributed by atoms with Gasteiger partial charge in [0, 0.05) is 10.7 Å². The van der Waals surface area contributed by atoms with Crippen molar-refractivity contribution >= 4 is 35.0 Å². The Morgan fingerprint density at radius 3 is 2.63 bits per heavy atom. The molecule has 1 aromatic heterocycles. The first-order valence-corrected chi connectivity index (χ1v) is 9.32. The Labute approximate surface area is 165 Å². The number of nitrogens with zero attached hydrogens (tertiary/aromatic N) is 3. The maximum Gasteiger partial charge on any atom is 0.237 e.